The van der Waals surface area contributed by atoms with E-state index < -0.39 is 29.1 Å². The third-order valence-electron chi connectivity index (χ3n) is 5.05. The summed E-state index contributed by atoms with van der Waals surface area (Å²) in [6, 6.07) is 7.73. The lowest BCUT2D eigenvalue weighted by Gasteiger charge is -2.10. The van der Waals surface area contributed by atoms with E-state index in [-0.39, 0.29) is 40.9 Å². The Balaban J connectivity index is 2.82. The van der Waals surface area contributed by atoms with Crippen molar-refractivity contribution in [1.29, 1.82) is 0 Å². The van der Waals surface area contributed by atoms with Crippen molar-refractivity contribution in [3.63, 3.8) is 0 Å². The molecule has 0 saturated carbocycles. The van der Waals surface area contributed by atoms with Gasteiger partial charge in [-0.1, -0.05) is 88.4 Å². The average Bonchev–Trinajstić information content (AvgIpc) is 2.86. The number of benzene rings is 1. The lowest BCUT2D eigenvalue weighted by atomic mass is 10.00. The highest BCUT2D eigenvalue weighted by Gasteiger charge is 2.17. The minimum Gasteiger partial charge on any atom is -0.491 e. The maximum Gasteiger partial charge on any atom is 0.200 e. The van der Waals surface area contributed by atoms with Crippen molar-refractivity contribution in [1.82, 2.24) is 0 Å². The summed E-state index contributed by atoms with van der Waals surface area (Å²) in [6.45, 7) is 25.2. The number of aryl methyl sites for hydroxylation is 2. The third-order valence-corrected chi connectivity index (χ3v) is 5.05. The van der Waals surface area contributed by atoms with Crippen LogP contribution in [0.2, 0.25) is 0 Å². The Hall–Kier alpha value is -3.60. The molecule has 0 saturated heterocycles. The first kappa shape index (κ1) is 29.4. The zero-order valence-corrected chi connectivity index (χ0v) is 20.5. The fourth-order valence-corrected chi connectivity index (χ4v) is 2.68. The molecule has 0 fully saturated rings. The standard InChI is InChI=1S/C30H32F4O/c1-9-18-35-25(8)30(34)29(33)24(7)21(4)13-12-20(3)23(6)28(32)27(31)22(5)14-17-26-15-10-19(2)11-16-26/h10-13,15-16H,3-9,14,17-18H2,1-2H3/b13-12-,28-27-,30-29-. The van der Waals surface area contributed by atoms with Gasteiger partial charge in [-0.2, -0.15) is 4.39 Å². The van der Waals surface area contributed by atoms with E-state index in [9.17, 15) is 17.6 Å². The fraction of sp³-hybridized carbons (Fsp3) is 0.200. The summed E-state index contributed by atoms with van der Waals surface area (Å²) in [5.74, 6) is -5.33. The Labute approximate surface area is 206 Å². The highest BCUT2D eigenvalue weighted by molar-refractivity contribution is 5.54. The molecule has 0 aliphatic carbocycles. The van der Waals surface area contributed by atoms with Gasteiger partial charge in [-0.05, 0) is 48.5 Å². The van der Waals surface area contributed by atoms with E-state index in [1.165, 1.54) is 12.2 Å². The molecule has 0 aromatic heterocycles. The normalized spacial score (nSPS) is 12.5. The molecule has 0 bridgehead atoms. The van der Waals surface area contributed by atoms with E-state index >= 15 is 0 Å². The molecule has 0 heterocycles. The van der Waals surface area contributed by atoms with Crippen LogP contribution >= 0.6 is 0 Å². The van der Waals surface area contributed by atoms with E-state index in [2.05, 4.69) is 39.5 Å². The van der Waals surface area contributed by atoms with Crippen LogP contribution in [0.15, 0.2) is 133 Å². The third kappa shape index (κ3) is 8.93. The summed E-state index contributed by atoms with van der Waals surface area (Å²) in [4.78, 5) is 0. The zero-order valence-electron chi connectivity index (χ0n) is 20.5. The Morgan fingerprint density at radius 3 is 1.74 bits per heavy atom. The Morgan fingerprint density at radius 1 is 0.771 bits per heavy atom. The summed E-state index contributed by atoms with van der Waals surface area (Å²) in [5, 5.41) is 0. The van der Waals surface area contributed by atoms with Crippen LogP contribution in [0, 0.1) is 6.92 Å². The number of halogens is 4. The van der Waals surface area contributed by atoms with Gasteiger partial charge in [-0.15, -0.1) is 0 Å². The van der Waals surface area contributed by atoms with E-state index in [0.717, 1.165) is 11.1 Å². The summed E-state index contributed by atoms with van der Waals surface area (Å²) in [5.41, 5.74) is 1.41. The highest BCUT2D eigenvalue weighted by Crippen LogP contribution is 2.30. The second-order valence-electron chi connectivity index (χ2n) is 7.96. The van der Waals surface area contributed by atoms with Gasteiger partial charge in [0.25, 0.3) is 0 Å². The minimum atomic E-state index is -1.29. The van der Waals surface area contributed by atoms with E-state index in [1.807, 2.05) is 38.1 Å². The highest BCUT2D eigenvalue weighted by atomic mass is 19.2. The molecule has 0 amide bonds. The van der Waals surface area contributed by atoms with Crippen LogP contribution in [-0.4, -0.2) is 6.61 Å². The van der Waals surface area contributed by atoms with Crippen molar-refractivity contribution >= 4 is 0 Å². The van der Waals surface area contributed by atoms with Crippen molar-refractivity contribution in [2.75, 3.05) is 6.61 Å². The molecule has 1 rings (SSSR count). The van der Waals surface area contributed by atoms with Crippen LogP contribution in [0.3, 0.4) is 0 Å². The first-order chi connectivity index (χ1) is 16.4. The molecule has 0 aliphatic heterocycles. The fourth-order valence-electron chi connectivity index (χ4n) is 2.68. The maximum absolute atomic E-state index is 14.6. The summed E-state index contributed by atoms with van der Waals surface area (Å²) in [7, 11) is 0. The van der Waals surface area contributed by atoms with Gasteiger partial charge in [0.05, 0.1) is 6.61 Å². The molecular weight excluding hydrogens is 452 g/mol. The molecule has 35 heavy (non-hydrogen) atoms. The number of hydrogen-bond acceptors (Lipinski definition) is 1. The first-order valence-corrected chi connectivity index (χ1v) is 11.0. The second kappa shape index (κ2) is 14.0. The predicted molar refractivity (Wildman–Crippen MR) is 138 cm³/mol. The molecule has 0 aliphatic rings. The van der Waals surface area contributed by atoms with Gasteiger partial charge in [0.2, 0.25) is 5.83 Å². The Kier molecular flexibility index (Phi) is 11.7. The van der Waals surface area contributed by atoms with Gasteiger partial charge < -0.3 is 4.74 Å². The Morgan fingerprint density at radius 2 is 1.26 bits per heavy atom. The molecule has 1 aromatic rings. The van der Waals surface area contributed by atoms with Crippen LogP contribution in [0.25, 0.3) is 0 Å². The van der Waals surface area contributed by atoms with Crippen LogP contribution in [0.5, 0.6) is 0 Å². The average molecular weight is 485 g/mol. The van der Waals surface area contributed by atoms with E-state index in [4.69, 9.17) is 4.74 Å². The van der Waals surface area contributed by atoms with Crippen molar-refractivity contribution in [3.8, 4) is 0 Å². The number of rotatable bonds is 14. The number of ether oxygens (including phenoxy) is 1. The monoisotopic (exact) mass is 484 g/mol. The molecule has 5 heteroatoms. The summed E-state index contributed by atoms with van der Waals surface area (Å²) >= 11 is 0. The van der Waals surface area contributed by atoms with Crippen LogP contribution in [0.1, 0.15) is 30.9 Å². The van der Waals surface area contributed by atoms with Gasteiger partial charge in [0.1, 0.15) is 0 Å². The van der Waals surface area contributed by atoms with Gasteiger partial charge in [-0.3, -0.25) is 0 Å². The van der Waals surface area contributed by atoms with Crippen LogP contribution < -0.4 is 0 Å². The van der Waals surface area contributed by atoms with Crippen molar-refractivity contribution in [3.05, 3.63) is 144 Å². The topological polar surface area (TPSA) is 9.23 Å². The lowest BCUT2D eigenvalue weighted by molar-refractivity contribution is 0.208. The molecule has 1 aromatic carbocycles. The number of hydrogen-bond donors (Lipinski definition) is 0. The van der Waals surface area contributed by atoms with Gasteiger partial charge >= 0.3 is 0 Å². The smallest absolute Gasteiger partial charge is 0.200 e. The quantitative estimate of drug-likeness (QED) is 0.145. The molecular formula is C30H32F4O. The zero-order chi connectivity index (χ0) is 26.7. The summed E-state index contributed by atoms with van der Waals surface area (Å²) < 4.78 is 62.7. The van der Waals surface area contributed by atoms with Gasteiger partial charge in [-0.25, -0.2) is 13.2 Å². The van der Waals surface area contributed by atoms with Crippen molar-refractivity contribution < 1.29 is 22.3 Å². The molecule has 0 N–H and O–H groups in total. The van der Waals surface area contributed by atoms with Crippen LogP contribution in [0.4, 0.5) is 17.6 Å². The molecule has 0 atom stereocenters. The molecule has 0 spiro atoms. The maximum atomic E-state index is 14.6. The van der Waals surface area contributed by atoms with Crippen LogP contribution in [-0.2, 0) is 11.2 Å². The SMILES string of the molecule is C=C(/C=C\C(=C)C(=C)/C(F)=C(/F)C(=C)OCCC)C(=C)/C(F)=C(/F)C(=C)CCc1ccc(C)cc1. The van der Waals surface area contributed by atoms with E-state index in [1.54, 1.807) is 0 Å². The molecule has 1 nitrogen and oxygen atoms in total. The molecule has 0 unspecified atom stereocenters. The predicted octanol–water partition coefficient (Wildman–Crippen LogP) is 9.51. The lowest BCUT2D eigenvalue weighted by Crippen LogP contribution is -1.97. The second-order valence-corrected chi connectivity index (χ2v) is 7.96. The van der Waals surface area contributed by atoms with Crippen molar-refractivity contribution in [2.24, 2.45) is 0 Å². The minimum absolute atomic E-state index is 0.00741. The van der Waals surface area contributed by atoms with Gasteiger partial charge in [0.15, 0.2) is 23.2 Å². The molecule has 0 radical (unpaired) electrons. The first-order valence-electron chi connectivity index (χ1n) is 11.0. The Bertz CT molecular complexity index is 1110. The van der Waals surface area contributed by atoms with Gasteiger partial charge in [0, 0.05) is 11.1 Å². The van der Waals surface area contributed by atoms with E-state index in [0.29, 0.717) is 12.8 Å². The molecule has 186 valence electrons. The largest absolute Gasteiger partial charge is 0.491 e. The summed E-state index contributed by atoms with van der Waals surface area (Å²) in [6.07, 6.45) is 3.82. The number of allylic oxidation sites excluding steroid dienone is 11. The van der Waals surface area contributed by atoms with Crippen molar-refractivity contribution in [2.45, 2.75) is 33.1 Å².